The summed E-state index contributed by atoms with van der Waals surface area (Å²) in [5.74, 6) is 2.11. The van der Waals surface area contributed by atoms with Gasteiger partial charge in [-0.25, -0.2) is 0 Å². The van der Waals surface area contributed by atoms with Crippen LogP contribution < -0.4 is 14.8 Å². The topological polar surface area (TPSA) is 122 Å². The highest BCUT2D eigenvalue weighted by molar-refractivity contribution is 7.21. The number of rotatable bonds is 7. The molecule has 0 bridgehead atoms. The smallest absolute Gasteiger partial charge is 0.272 e. The van der Waals surface area contributed by atoms with E-state index in [2.05, 4.69) is 38.1 Å². The fourth-order valence-corrected chi connectivity index (χ4v) is 5.88. The number of likely N-dealkylation sites (tertiary alicyclic amines) is 1. The summed E-state index contributed by atoms with van der Waals surface area (Å²) >= 11 is 1.33. The number of thiophene rings is 1. The molecule has 0 saturated carbocycles. The van der Waals surface area contributed by atoms with Crippen molar-refractivity contribution in [3.8, 4) is 17.2 Å². The molecule has 11 heteroatoms. The van der Waals surface area contributed by atoms with E-state index in [1.54, 1.807) is 7.11 Å². The summed E-state index contributed by atoms with van der Waals surface area (Å²) in [7, 11) is 1.62. The Kier molecular flexibility index (Phi) is 7.28. The Hall–Kier alpha value is -3.99. The Morgan fingerprint density at radius 2 is 1.89 bits per heavy atom. The van der Waals surface area contributed by atoms with Gasteiger partial charge in [0.1, 0.15) is 16.4 Å². The largest absolute Gasteiger partial charge is 0.496 e. The monoisotopic (exact) mass is 534 g/mol. The van der Waals surface area contributed by atoms with E-state index in [0.717, 1.165) is 41.6 Å². The number of piperidine rings is 1. The highest BCUT2D eigenvalue weighted by Gasteiger charge is 2.26. The molecule has 1 saturated heterocycles. The lowest BCUT2D eigenvalue weighted by molar-refractivity contribution is -0.135. The van der Waals surface area contributed by atoms with Gasteiger partial charge in [-0.2, -0.15) is 5.21 Å². The number of ether oxygens (including phenoxy) is 2. The molecule has 0 aliphatic carbocycles. The minimum atomic E-state index is -0.390. The molecule has 2 amide bonds. The highest BCUT2D eigenvalue weighted by atomic mass is 32.1. The summed E-state index contributed by atoms with van der Waals surface area (Å²) in [6.45, 7) is 7.41. The molecule has 2 N–H and O–H groups in total. The molecule has 3 heterocycles. The molecule has 4 aromatic rings. The van der Waals surface area contributed by atoms with Gasteiger partial charge in [0.2, 0.25) is 5.91 Å². The Balaban J connectivity index is 1.38. The lowest BCUT2D eigenvalue weighted by Crippen LogP contribution is -2.40. The first-order valence-corrected chi connectivity index (χ1v) is 13.4. The van der Waals surface area contributed by atoms with Gasteiger partial charge in [-0.15, -0.1) is 16.4 Å². The quantitative estimate of drug-likeness (QED) is 0.337. The molecule has 0 unspecified atom stereocenters. The first-order valence-electron chi connectivity index (χ1n) is 12.6. The number of nitrogens with zero attached hydrogens (tertiary/aromatic N) is 4. The zero-order valence-corrected chi connectivity index (χ0v) is 22.6. The third-order valence-electron chi connectivity index (χ3n) is 6.81. The van der Waals surface area contributed by atoms with E-state index in [9.17, 15) is 9.59 Å². The first-order chi connectivity index (χ1) is 18.3. The molecule has 38 heavy (non-hydrogen) atoms. The lowest BCUT2D eigenvalue weighted by Gasteiger charge is -2.33. The van der Waals surface area contributed by atoms with E-state index in [1.165, 1.54) is 16.9 Å². The van der Waals surface area contributed by atoms with Gasteiger partial charge in [0, 0.05) is 29.1 Å². The van der Waals surface area contributed by atoms with E-state index in [1.807, 2.05) is 49.9 Å². The van der Waals surface area contributed by atoms with Crippen LogP contribution in [0.4, 0.5) is 5.95 Å². The molecule has 0 atom stereocenters. The molecule has 198 valence electrons. The van der Waals surface area contributed by atoms with Crippen LogP contribution in [0.25, 0.3) is 10.1 Å². The van der Waals surface area contributed by atoms with Crippen LogP contribution in [0.15, 0.2) is 36.4 Å². The molecule has 1 aliphatic heterocycles. The zero-order valence-electron chi connectivity index (χ0n) is 21.8. The second-order valence-corrected chi connectivity index (χ2v) is 10.7. The van der Waals surface area contributed by atoms with Gasteiger partial charge in [0.15, 0.2) is 5.75 Å². The average Bonchev–Trinajstić information content (AvgIpc) is 3.56. The number of tetrazole rings is 1. The number of hydrogen-bond acceptors (Lipinski definition) is 8. The Labute approximate surface area is 224 Å². The van der Waals surface area contributed by atoms with Crippen LogP contribution in [0, 0.1) is 12.8 Å². The van der Waals surface area contributed by atoms with Gasteiger partial charge in [0.05, 0.1) is 7.11 Å². The number of fused-ring (bicyclic) bond motifs is 1. The van der Waals surface area contributed by atoms with Crippen molar-refractivity contribution in [2.75, 3.05) is 25.5 Å². The van der Waals surface area contributed by atoms with Crippen LogP contribution in [0.1, 0.15) is 53.4 Å². The van der Waals surface area contributed by atoms with Gasteiger partial charge in [-0.1, -0.05) is 31.1 Å². The average molecular weight is 535 g/mol. The molecule has 0 spiro atoms. The van der Waals surface area contributed by atoms with Gasteiger partial charge < -0.3 is 14.4 Å². The number of amides is 2. The van der Waals surface area contributed by atoms with Crippen LogP contribution in [0.5, 0.6) is 17.2 Å². The fraction of sp³-hybridized carbons (Fsp3) is 0.370. The molecule has 0 radical (unpaired) electrons. The number of hydrogen-bond donors (Lipinski definition) is 2. The third kappa shape index (κ3) is 5.19. The van der Waals surface area contributed by atoms with Crippen molar-refractivity contribution >= 4 is 39.2 Å². The standard InChI is InChI=1S/C27H30N6O4S/c1-15(2)26(35)33-11-9-18(10-12-33)17-5-7-19(8-6-17)37-23-20-14-21(36-4)16(3)13-22(20)38-24(23)25(34)28-27-29-31-32-30-27/h5-8,13-15,18H,9-12H2,1-4H3,(H2,28,29,30,31,32,34). The van der Waals surface area contributed by atoms with Gasteiger partial charge in [0.25, 0.3) is 11.9 Å². The first kappa shape index (κ1) is 25.7. The number of H-pyrrole nitrogens is 1. The van der Waals surface area contributed by atoms with E-state index in [0.29, 0.717) is 28.0 Å². The number of methoxy groups -OCH3 is 1. The number of aryl methyl sites for hydroxylation is 1. The number of nitrogens with one attached hydrogen (secondary N) is 2. The predicted octanol–water partition coefficient (Wildman–Crippen LogP) is 5.14. The number of aromatic amines is 1. The van der Waals surface area contributed by atoms with Crippen molar-refractivity contribution in [3.63, 3.8) is 0 Å². The van der Waals surface area contributed by atoms with Crippen LogP contribution in [0.2, 0.25) is 0 Å². The van der Waals surface area contributed by atoms with Crippen LogP contribution in [-0.2, 0) is 4.79 Å². The predicted molar refractivity (Wildman–Crippen MR) is 145 cm³/mol. The maximum absolute atomic E-state index is 13.1. The Morgan fingerprint density at radius 1 is 1.16 bits per heavy atom. The van der Waals surface area contributed by atoms with Gasteiger partial charge in [-0.3, -0.25) is 14.9 Å². The van der Waals surface area contributed by atoms with E-state index >= 15 is 0 Å². The molecular formula is C27H30N6O4S. The maximum atomic E-state index is 13.1. The zero-order chi connectivity index (χ0) is 26.8. The third-order valence-corrected chi connectivity index (χ3v) is 7.94. The molecule has 2 aromatic carbocycles. The van der Waals surface area contributed by atoms with Crippen molar-refractivity contribution in [2.45, 2.75) is 39.5 Å². The van der Waals surface area contributed by atoms with Crippen LogP contribution in [-0.4, -0.2) is 57.5 Å². The molecule has 1 fully saturated rings. The number of anilines is 1. The number of benzene rings is 2. The van der Waals surface area contributed by atoms with Gasteiger partial charge >= 0.3 is 0 Å². The number of aromatic nitrogens is 4. The fourth-order valence-electron chi connectivity index (χ4n) is 4.77. The molecule has 1 aliphatic rings. The van der Waals surface area contributed by atoms with Gasteiger partial charge in [-0.05, 0) is 66.3 Å². The molecular weight excluding hydrogens is 504 g/mol. The molecule has 10 nitrogen and oxygen atoms in total. The highest BCUT2D eigenvalue weighted by Crippen LogP contribution is 2.43. The van der Waals surface area contributed by atoms with Crippen LogP contribution in [0.3, 0.4) is 0 Å². The van der Waals surface area contributed by atoms with Crippen molar-refractivity contribution in [1.29, 1.82) is 0 Å². The molecule has 5 rings (SSSR count). The number of carbonyl (C=O) groups excluding carboxylic acids is 2. The minimum absolute atomic E-state index is 0.0271. The SMILES string of the molecule is COc1cc2c(Oc3ccc(C4CCN(C(=O)C(C)C)CC4)cc3)c(C(=O)Nc3nn[nH]n3)sc2cc1C. The van der Waals surface area contributed by atoms with E-state index in [-0.39, 0.29) is 17.8 Å². The summed E-state index contributed by atoms with van der Waals surface area (Å²) in [6.07, 6.45) is 1.88. The Bertz CT molecular complexity index is 1440. The summed E-state index contributed by atoms with van der Waals surface area (Å²) in [5.41, 5.74) is 2.18. The Morgan fingerprint density at radius 3 is 2.53 bits per heavy atom. The van der Waals surface area contributed by atoms with E-state index in [4.69, 9.17) is 9.47 Å². The summed E-state index contributed by atoms with van der Waals surface area (Å²) in [6, 6.07) is 11.9. The van der Waals surface area contributed by atoms with Crippen molar-refractivity contribution in [1.82, 2.24) is 25.5 Å². The van der Waals surface area contributed by atoms with Crippen LogP contribution >= 0.6 is 11.3 Å². The lowest BCUT2D eigenvalue weighted by atomic mass is 9.89. The maximum Gasteiger partial charge on any atom is 0.272 e. The van der Waals surface area contributed by atoms with Crippen molar-refractivity contribution in [3.05, 3.63) is 52.4 Å². The second-order valence-electron chi connectivity index (χ2n) is 9.69. The van der Waals surface area contributed by atoms with E-state index < -0.39 is 5.91 Å². The number of carbonyl (C=O) groups is 2. The summed E-state index contributed by atoms with van der Waals surface area (Å²) in [5, 5.41) is 16.9. The molecule has 2 aromatic heterocycles. The van der Waals surface area contributed by atoms with Crippen molar-refractivity contribution < 1.29 is 19.1 Å². The van der Waals surface area contributed by atoms with Crippen molar-refractivity contribution in [2.24, 2.45) is 5.92 Å². The normalized spacial score (nSPS) is 14.2. The second kappa shape index (κ2) is 10.8. The summed E-state index contributed by atoms with van der Waals surface area (Å²) < 4.78 is 12.8. The minimum Gasteiger partial charge on any atom is -0.496 e. The summed E-state index contributed by atoms with van der Waals surface area (Å²) in [4.78, 5) is 27.8.